The maximum atomic E-state index is 13.5. The highest BCUT2D eigenvalue weighted by Crippen LogP contribution is 2.38. The van der Waals surface area contributed by atoms with Crippen molar-refractivity contribution in [3.05, 3.63) is 65.2 Å². The number of hydrogen-bond donors (Lipinski definition) is 2. The quantitative estimate of drug-likeness (QED) is 0.671. The van der Waals surface area contributed by atoms with E-state index in [1.54, 1.807) is 9.80 Å². The maximum absolute atomic E-state index is 13.5. The van der Waals surface area contributed by atoms with Gasteiger partial charge >= 0.3 is 6.03 Å². The van der Waals surface area contributed by atoms with Crippen molar-refractivity contribution < 1.29 is 14.4 Å². The molecule has 3 atom stereocenters. The minimum Gasteiger partial charge on any atom is -0.324 e. The van der Waals surface area contributed by atoms with E-state index in [1.807, 2.05) is 62.4 Å². The van der Waals surface area contributed by atoms with Crippen LogP contribution in [-0.2, 0) is 16.0 Å². The molecule has 3 unspecified atom stereocenters. The number of rotatable bonds is 6. The van der Waals surface area contributed by atoms with Crippen LogP contribution >= 0.6 is 0 Å². The van der Waals surface area contributed by atoms with Gasteiger partial charge in [0.05, 0.1) is 5.92 Å². The van der Waals surface area contributed by atoms with Crippen molar-refractivity contribution in [2.24, 2.45) is 5.92 Å². The van der Waals surface area contributed by atoms with Gasteiger partial charge in [0, 0.05) is 18.3 Å². The number of carbonyl (C=O) groups is 3. The fourth-order valence-corrected chi connectivity index (χ4v) is 5.74. The van der Waals surface area contributed by atoms with E-state index in [9.17, 15) is 14.4 Å². The molecule has 1 saturated carbocycles. The van der Waals surface area contributed by atoms with Crippen LogP contribution in [0.4, 0.5) is 10.5 Å². The molecule has 8 nitrogen and oxygen atoms in total. The number of aryl methyl sites for hydroxylation is 2. The fourth-order valence-electron chi connectivity index (χ4n) is 5.74. The van der Waals surface area contributed by atoms with Gasteiger partial charge < -0.3 is 10.2 Å². The topological polar surface area (TPSA) is 85.0 Å². The molecule has 2 aromatic rings. The van der Waals surface area contributed by atoms with Crippen molar-refractivity contribution in [3.63, 3.8) is 0 Å². The monoisotopic (exact) mass is 475 g/mol. The third-order valence-electron chi connectivity index (χ3n) is 7.26. The molecule has 184 valence electrons. The fraction of sp³-hybridized carbons (Fsp3) is 0.444. The number of fused-ring (bicyclic) bond motifs is 3. The summed E-state index contributed by atoms with van der Waals surface area (Å²) in [5.74, 6) is -0.350. The molecule has 3 fully saturated rings. The summed E-state index contributed by atoms with van der Waals surface area (Å²) in [6, 6.07) is 15.5. The Morgan fingerprint density at radius 1 is 1.03 bits per heavy atom. The molecule has 2 saturated heterocycles. The highest BCUT2D eigenvalue weighted by atomic mass is 16.2. The van der Waals surface area contributed by atoms with Crippen LogP contribution < -0.4 is 10.7 Å². The van der Waals surface area contributed by atoms with Crippen LogP contribution in [0.15, 0.2) is 48.5 Å². The molecule has 4 amide bonds. The standard InChI is InChI=1S/C27H33N5O3/c1-18-14-19(2)16-21(15-18)28-24(33)17-31-27(35)32-23-11-7-6-10-22(23)25(34)30(26(32)29-31)13-12-20-8-4-3-5-9-20/h3-5,8-9,14-16,22-23,26,29H,6-7,10-13,17H2,1-2H3,(H,28,33). The number of urea groups is 1. The predicted octanol–water partition coefficient (Wildman–Crippen LogP) is 3.41. The van der Waals surface area contributed by atoms with Crippen LogP contribution in [0, 0.1) is 19.8 Å². The molecule has 1 aliphatic carbocycles. The number of hydrogen-bond acceptors (Lipinski definition) is 4. The van der Waals surface area contributed by atoms with Crippen molar-refractivity contribution >= 4 is 23.5 Å². The second-order valence-corrected chi connectivity index (χ2v) is 9.93. The van der Waals surface area contributed by atoms with Gasteiger partial charge in [0.15, 0.2) is 6.29 Å². The molecule has 2 aromatic carbocycles. The third-order valence-corrected chi connectivity index (χ3v) is 7.26. The number of hydrazine groups is 1. The molecule has 2 heterocycles. The van der Waals surface area contributed by atoms with Gasteiger partial charge in [0.1, 0.15) is 6.54 Å². The Balaban J connectivity index is 1.33. The first-order valence-corrected chi connectivity index (χ1v) is 12.5. The minimum absolute atomic E-state index is 0.105. The molecule has 0 aromatic heterocycles. The molecule has 5 rings (SSSR count). The smallest absolute Gasteiger partial charge is 0.324 e. The van der Waals surface area contributed by atoms with Crippen LogP contribution in [0.25, 0.3) is 0 Å². The largest absolute Gasteiger partial charge is 0.337 e. The van der Waals surface area contributed by atoms with E-state index in [0.717, 1.165) is 42.4 Å². The molecule has 0 spiro atoms. The molecule has 2 N–H and O–H groups in total. The van der Waals surface area contributed by atoms with E-state index in [4.69, 9.17) is 0 Å². The summed E-state index contributed by atoms with van der Waals surface area (Å²) in [7, 11) is 0. The first-order chi connectivity index (χ1) is 16.9. The zero-order valence-electron chi connectivity index (χ0n) is 20.4. The van der Waals surface area contributed by atoms with Crippen LogP contribution in [0.5, 0.6) is 0 Å². The zero-order chi connectivity index (χ0) is 24.5. The van der Waals surface area contributed by atoms with Gasteiger partial charge in [-0.25, -0.2) is 9.80 Å². The van der Waals surface area contributed by atoms with E-state index >= 15 is 0 Å². The lowest BCUT2D eigenvalue weighted by atomic mass is 9.81. The Labute approximate surface area is 206 Å². The molecule has 8 heteroatoms. The van der Waals surface area contributed by atoms with Crippen LogP contribution in [0.3, 0.4) is 0 Å². The van der Waals surface area contributed by atoms with E-state index in [1.165, 1.54) is 5.01 Å². The molecule has 3 aliphatic rings. The molecule has 0 bridgehead atoms. The zero-order valence-corrected chi connectivity index (χ0v) is 20.4. The van der Waals surface area contributed by atoms with Crippen molar-refractivity contribution in [2.75, 3.05) is 18.4 Å². The SMILES string of the molecule is Cc1cc(C)cc(NC(=O)CN2NC3N(CCc4ccccc4)C(=O)C4CCCCC4N3C2=O)c1. The van der Waals surface area contributed by atoms with Crippen LogP contribution in [0.2, 0.25) is 0 Å². The summed E-state index contributed by atoms with van der Waals surface area (Å²) in [6.45, 7) is 4.34. The lowest BCUT2D eigenvalue weighted by Gasteiger charge is -2.48. The van der Waals surface area contributed by atoms with Crippen LogP contribution in [0.1, 0.15) is 42.4 Å². The minimum atomic E-state index is -0.563. The average molecular weight is 476 g/mol. The Bertz CT molecular complexity index is 1100. The van der Waals surface area contributed by atoms with Gasteiger partial charge in [0.25, 0.3) is 0 Å². The highest BCUT2D eigenvalue weighted by molar-refractivity contribution is 5.95. The summed E-state index contributed by atoms with van der Waals surface area (Å²) in [6.07, 6.45) is 3.76. The maximum Gasteiger partial charge on any atom is 0.337 e. The lowest BCUT2D eigenvalue weighted by molar-refractivity contribution is -0.156. The van der Waals surface area contributed by atoms with Crippen LogP contribution in [-0.4, -0.2) is 58.1 Å². The predicted molar refractivity (Wildman–Crippen MR) is 133 cm³/mol. The molecule has 0 radical (unpaired) electrons. The van der Waals surface area contributed by atoms with Crippen molar-refractivity contribution in [2.45, 2.75) is 58.3 Å². The van der Waals surface area contributed by atoms with E-state index in [0.29, 0.717) is 18.7 Å². The number of nitrogens with one attached hydrogen (secondary N) is 2. The highest BCUT2D eigenvalue weighted by Gasteiger charge is 2.54. The second kappa shape index (κ2) is 9.70. The van der Waals surface area contributed by atoms with Crippen molar-refractivity contribution in [3.8, 4) is 0 Å². The average Bonchev–Trinajstić information content (AvgIpc) is 3.14. The summed E-state index contributed by atoms with van der Waals surface area (Å²) < 4.78 is 0. The van der Waals surface area contributed by atoms with Crippen molar-refractivity contribution in [1.29, 1.82) is 0 Å². The van der Waals surface area contributed by atoms with E-state index in [2.05, 4.69) is 10.7 Å². The number of anilines is 1. The van der Waals surface area contributed by atoms with Gasteiger partial charge in [-0.15, -0.1) is 0 Å². The molecule has 2 aliphatic heterocycles. The Hall–Kier alpha value is -3.39. The number of carbonyl (C=O) groups excluding carboxylic acids is 3. The Morgan fingerprint density at radius 3 is 2.49 bits per heavy atom. The third kappa shape index (κ3) is 4.75. The summed E-state index contributed by atoms with van der Waals surface area (Å²) in [5, 5.41) is 4.27. The van der Waals surface area contributed by atoms with Gasteiger partial charge in [-0.1, -0.05) is 49.2 Å². The molecule has 35 heavy (non-hydrogen) atoms. The Morgan fingerprint density at radius 2 is 1.74 bits per heavy atom. The van der Waals surface area contributed by atoms with Crippen molar-refractivity contribution in [1.82, 2.24) is 20.2 Å². The van der Waals surface area contributed by atoms with Gasteiger partial charge in [-0.3, -0.25) is 14.5 Å². The first kappa shape index (κ1) is 23.4. The molecular formula is C27H33N5O3. The Kier molecular flexibility index (Phi) is 6.47. The normalized spacial score (nSPS) is 23.8. The van der Waals surface area contributed by atoms with Gasteiger partial charge in [0.2, 0.25) is 11.8 Å². The summed E-state index contributed by atoms with van der Waals surface area (Å²) in [4.78, 5) is 43.4. The number of amides is 4. The van der Waals surface area contributed by atoms with Gasteiger partial charge in [-0.2, -0.15) is 5.43 Å². The number of benzene rings is 2. The van der Waals surface area contributed by atoms with E-state index < -0.39 is 6.29 Å². The lowest BCUT2D eigenvalue weighted by Crippen LogP contribution is -2.66. The summed E-state index contributed by atoms with van der Waals surface area (Å²) >= 11 is 0. The second-order valence-electron chi connectivity index (χ2n) is 9.93. The van der Waals surface area contributed by atoms with E-state index in [-0.39, 0.29) is 36.3 Å². The first-order valence-electron chi connectivity index (χ1n) is 12.5. The van der Waals surface area contributed by atoms with Gasteiger partial charge in [-0.05, 0) is 61.9 Å². The molecular weight excluding hydrogens is 442 g/mol. The summed E-state index contributed by atoms with van der Waals surface area (Å²) in [5.41, 5.74) is 7.16. The number of nitrogens with zero attached hydrogens (tertiary/aromatic N) is 3.